The number of carbonyl (C=O) groups is 1. The van der Waals surface area contributed by atoms with Gasteiger partial charge in [-0.2, -0.15) is 0 Å². The molecular weight excluding hydrogens is 354 g/mol. The Morgan fingerprint density at radius 1 is 1.14 bits per heavy atom. The molecule has 2 aromatic carbocycles. The van der Waals surface area contributed by atoms with Gasteiger partial charge in [0, 0.05) is 17.7 Å². The van der Waals surface area contributed by atoms with Gasteiger partial charge >= 0.3 is 0 Å². The minimum atomic E-state index is -0.264. The topological polar surface area (TPSA) is 68.5 Å². The van der Waals surface area contributed by atoms with Crippen LogP contribution in [0.5, 0.6) is 0 Å². The van der Waals surface area contributed by atoms with Crippen molar-refractivity contribution in [3.8, 4) is 11.3 Å². The predicted molar refractivity (Wildman–Crippen MR) is 109 cm³/mol. The van der Waals surface area contributed by atoms with Crippen LogP contribution < -0.4 is 10.7 Å². The highest BCUT2D eigenvalue weighted by molar-refractivity contribution is 6.05. The predicted octanol–water partition coefficient (Wildman–Crippen LogP) is 4.07. The van der Waals surface area contributed by atoms with Crippen molar-refractivity contribution in [2.24, 2.45) is 0 Å². The highest BCUT2D eigenvalue weighted by Crippen LogP contribution is 2.27. The molecule has 1 aliphatic rings. The lowest BCUT2D eigenvalue weighted by atomic mass is 10.0. The molecule has 2 atom stereocenters. The van der Waals surface area contributed by atoms with Crippen LogP contribution >= 0.6 is 0 Å². The first-order chi connectivity index (χ1) is 13.6. The highest BCUT2D eigenvalue weighted by atomic mass is 16.5. The standard InChI is InChI=1S/C23H23NO4/c1-14-20(25)17-10-6-11-18(23(26)24-15(2)19-12-7-13-27-19)22(17)28-21(14)16-8-4-3-5-9-16/h3-6,8-11,15,19H,7,12-13H2,1-2H3,(H,24,26)/t15-,19+/m1/s1. The molecule has 0 unspecified atom stereocenters. The first kappa shape index (κ1) is 18.4. The fourth-order valence-electron chi connectivity index (χ4n) is 3.73. The van der Waals surface area contributed by atoms with Crippen molar-refractivity contribution < 1.29 is 13.9 Å². The number of carbonyl (C=O) groups excluding carboxylic acids is 1. The summed E-state index contributed by atoms with van der Waals surface area (Å²) in [7, 11) is 0. The summed E-state index contributed by atoms with van der Waals surface area (Å²) in [6.45, 7) is 4.42. The van der Waals surface area contributed by atoms with Crippen molar-refractivity contribution in [2.45, 2.75) is 38.8 Å². The fourth-order valence-corrected chi connectivity index (χ4v) is 3.73. The third kappa shape index (κ3) is 3.34. The second kappa shape index (κ2) is 7.60. The molecule has 1 aliphatic heterocycles. The molecule has 5 heteroatoms. The molecule has 1 N–H and O–H groups in total. The van der Waals surface area contributed by atoms with E-state index in [1.165, 1.54) is 0 Å². The third-order valence-electron chi connectivity index (χ3n) is 5.31. The van der Waals surface area contributed by atoms with Crippen molar-refractivity contribution in [1.82, 2.24) is 5.32 Å². The van der Waals surface area contributed by atoms with E-state index in [1.807, 2.05) is 37.3 Å². The van der Waals surface area contributed by atoms with E-state index in [-0.39, 0.29) is 23.5 Å². The third-order valence-corrected chi connectivity index (χ3v) is 5.31. The molecule has 1 saturated heterocycles. The lowest BCUT2D eigenvalue weighted by molar-refractivity contribution is 0.0712. The Bertz CT molecular complexity index is 1070. The van der Waals surface area contributed by atoms with Gasteiger partial charge in [0.1, 0.15) is 5.76 Å². The summed E-state index contributed by atoms with van der Waals surface area (Å²) in [5, 5.41) is 3.41. The molecular formula is C23H23NO4. The van der Waals surface area contributed by atoms with Crippen LogP contribution in [0, 0.1) is 6.92 Å². The minimum Gasteiger partial charge on any atom is -0.455 e. The van der Waals surface area contributed by atoms with Gasteiger partial charge in [-0.3, -0.25) is 9.59 Å². The molecule has 0 aliphatic carbocycles. The molecule has 0 bridgehead atoms. The summed E-state index contributed by atoms with van der Waals surface area (Å²) in [5.74, 6) is 0.227. The number of hydrogen-bond acceptors (Lipinski definition) is 4. The zero-order valence-electron chi connectivity index (χ0n) is 16.0. The second-order valence-electron chi connectivity index (χ2n) is 7.25. The maximum atomic E-state index is 12.9. The quantitative estimate of drug-likeness (QED) is 0.744. The van der Waals surface area contributed by atoms with E-state index < -0.39 is 0 Å². The molecule has 1 fully saturated rings. The molecule has 144 valence electrons. The average molecular weight is 377 g/mol. The Balaban J connectivity index is 1.77. The largest absolute Gasteiger partial charge is 0.455 e. The number of fused-ring (bicyclic) bond motifs is 1. The zero-order valence-corrected chi connectivity index (χ0v) is 16.0. The van der Waals surface area contributed by atoms with Gasteiger partial charge in [-0.15, -0.1) is 0 Å². The van der Waals surface area contributed by atoms with E-state index in [0.717, 1.165) is 25.0 Å². The second-order valence-corrected chi connectivity index (χ2v) is 7.25. The van der Waals surface area contributed by atoms with E-state index in [9.17, 15) is 9.59 Å². The van der Waals surface area contributed by atoms with Gasteiger partial charge in [-0.25, -0.2) is 0 Å². The van der Waals surface area contributed by atoms with Crippen LogP contribution in [-0.4, -0.2) is 24.7 Å². The Morgan fingerprint density at radius 2 is 1.93 bits per heavy atom. The fraction of sp³-hybridized carbons (Fsp3) is 0.304. The number of ether oxygens (including phenoxy) is 1. The number of nitrogens with one attached hydrogen (secondary N) is 1. The maximum Gasteiger partial charge on any atom is 0.255 e. The van der Waals surface area contributed by atoms with E-state index in [2.05, 4.69) is 5.32 Å². The van der Waals surface area contributed by atoms with Crippen molar-refractivity contribution in [1.29, 1.82) is 0 Å². The number of hydrogen-bond donors (Lipinski definition) is 1. The van der Waals surface area contributed by atoms with Crippen LogP contribution in [0.4, 0.5) is 0 Å². The number of rotatable bonds is 4. The van der Waals surface area contributed by atoms with Gasteiger partial charge in [0.2, 0.25) is 0 Å². The van der Waals surface area contributed by atoms with Crippen LogP contribution in [-0.2, 0) is 4.74 Å². The smallest absolute Gasteiger partial charge is 0.255 e. The number of para-hydroxylation sites is 1. The average Bonchev–Trinajstić information content (AvgIpc) is 3.26. The summed E-state index contributed by atoms with van der Waals surface area (Å²) < 4.78 is 11.8. The van der Waals surface area contributed by atoms with Gasteiger partial charge < -0.3 is 14.5 Å². The van der Waals surface area contributed by atoms with Crippen molar-refractivity contribution >= 4 is 16.9 Å². The zero-order chi connectivity index (χ0) is 19.7. The number of benzene rings is 2. The minimum absolute atomic E-state index is 0.0214. The molecule has 3 aromatic rings. The number of amides is 1. The maximum absolute atomic E-state index is 12.9. The summed E-state index contributed by atoms with van der Waals surface area (Å²) in [4.78, 5) is 25.9. The van der Waals surface area contributed by atoms with E-state index >= 15 is 0 Å². The van der Waals surface area contributed by atoms with E-state index in [1.54, 1.807) is 25.1 Å². The van der Waals surface area contributed by atoms with Crippen LogP contribution in [0.2, 0.25) is 0 Å². The van der Waals surface area contributed by atoms with Gasteiger partial charge in [0.25, 0.3) is 5.91 Å². The Labute approximate surface area is 163 Å². The Kier molecular flexibility index (Phi) is 5.01. The molecule has 0 spiro atoms. The van der Waals surface area contributed by atoms with Crippen molar-refractivity contribution in [3.63, 3.8) is 0 Å². The van der Waals surface area contributed by atoms with Gasteiger partial charge in [-0.05, 0) is 38.8 Å². The van der Waals surface area contributed by atoms with Gasteiger partial charge in [0.15, 0.2) is 11.0 Å². The molecule has 1 aromatic heterocycles. The molecule has 28 heavy (non-hydrogen) atoms. The molecule has 4 rings (SSSR count). The SMILES string of the molecule is Cc1c(-c2ccccc2)oc2c(C(=O)N[C@H](C)[C@@H]3CCCO3)cccc2c1=O. The summed E-state index contributed by atoms with van der Waals surface area (Å²) >= 11 is 0. The lowest BCUT2D eigenvalue weighted by Crippen LogP contribution is -2.40. The van der Waals surface area contributed by atoms with Crippen molar-refractivity contribution in [2.75, 3.05) is 6.61 Å². The summed E-state index contributed by atoms with van der Waals surface area (Å²) in [5.41, 5.74) is 1.89. The van der Waals surface area contributed by atoms with E-state index in [0.29, 0.717) is 27.9 Å². The van der Waals surface area contributed by atoms with Crippen molar-refractivity contribution in [3.05, 3.63) is 69.9 Å². The van der Waals surface area contributed by atoms with Gasteiger partial charge in [0.05, 0.1) is 23.1 Å². The summed E-state index contributed by atoms with van der Waals surface area (Å²) in [6, 6.07) is 14.4. The first-order valence-electron chi connectivity index (χ1n) is 9.60. The molecule has 2 heterocycles. The van der Waals surface area contributed by atoms with Gasteiger partial charge in [-0.1, -0.05) is 36.4 Å². The highest BCUT2D eigenvalue weighted by Gasteiger charge is 2.25. The molecule has 0 radical (unpaired) electrons. The monoisotopic (exact) mass is 377 g/mol. The lowest BCUT2D eigenvalue weighted by Gasteiger charge is -2.20. The van der Waals surface area contributed by atoms with Crippen LogP contribution in [0.3, 0.4) is 0 Å². The van der Waals surface area contributed by atoms with Crippen LogP contribution in [0.25, 0.3) is 22.3 Å². The molecule has 1 amide bonds. The van der Waals surface area contributed by atoms with Crippen LogP contribution in [0.1, 0.15) is 35.7 Å². The molecule has 5 nitrogen and oxygen atoms in total. The first-order valence-corrected chi connectivity index (χ1v) is 9.60. The normalized spacial score (nSPS) is 17.6. The van der Waals surface area contributed by atoms with E-state index in [4.69, 9.17) is 9.15 Å². The Morgan fingerprint density at radius 3 is 2.64 bits per heavy atom. The summed E-state index contributed by atoms with van der Waals surface area (Å²) in [6.07, 6.45) is 1.96. The molecule has 0 saturated carbocycles. The van der Waals surface area contributed by atoms with Crippen LogP contribution in [0.15, 0.2) is 57.7 Å². The Hall–Kier alpha value is -2.92.